The molecule has 88 valence electrons. The number of hydrogen-bond donors (Lipinski definition) is 1. The second kappa shape index (κ2) is 4.64. The molecule has 0 aromatic heterocycles. The van der Waals surface area contributed by atoms with E-state index >= 15 is 0 Å². The Morgan fingerprint density at radius 3 is 2.44 bits per heavy atom. The minimum Gasteiger partial charge on any atom is -0.508 e. The molecule has 0 amide bonds. The van der Waals surface area contributed by atoms with Crippen LogP contribution in [0.25, 0.3) is 0 Å². The summed E-state index contributed by atoms with van der Waals surface area (Å²) in [4.78, 5) is 10.3. The third-order valence-corrected chi connectivity index (χ3v) is 2.73. The normalized spacial score (nSPS) is 11.8. The Hall–Kier alpha value is -1.38. The summed E-state index contributed by atoms with van der Waals surface area (Å²) in [5, 5.41) is 12.7. The number of phenolic OH excluding ortho intramolecular Hbond substituents is 1. The molecular weight excluding hydrogens is 202 g/mol. The van der Waals surface area contributed by atoms with Crippen LogP contribution in [0, 0.1) is 10.8 Å². The summed E-state index contributed by atoms with van der Waals surface area (Å²) in [5.74, 6) is 0.709. The molecule has 0 saturated heterocycles. The van der Waals surface area contributed by atoms with Gasteiger partial charge >= 0.3 is 0 Å². The van der Waals surface area contributed by atoms with Crippen molar-refractivity contribution in [2.45, 2.75) is 39.5 Å². The molecule has 1 aromatic rings. The molecule has 3 nitrogen and oxygen atoms in total. The number of hydrogen-bond acceptors (Lipinski definition) is 3. The van der Waals surface area contributed by atoms with Crippen LogP contribution < -0.4 is 0 Å². The van der Waals surface area contributed by atoms with E-state index in [4.69, 9.17) is 0 Å². The molecule has 1 aromatic carbocycles. The molecule has 1 rings (SSSR count). The highest BCUT2D eigenvalue weighted by Gasteiger charge is 2.25. The first-order valence-electron chi connectivity index (χ1n) is 5.53. The monoisotopic (exact) mass is 221 g/mol. The molecule has 0 aliphatic rings. The van der Waals surface area contributed by atoms with Crippen LogP contribution in [0.1, 0.15) is 39.7 Å². The van der Waals surface area contributed by atoms with Crippen LogP contribution in [-0.4, -0.2) is 5.11 Å². The van der Waals surface area contributed by atoms with Crippen molar-refractivity contribution < 1.29 is 5.11 Å². The first-order valence-corrected chi connectivity index (χ1v) is 5.53. The second-order valence-electron chi connectivity index (χ2n) is 5.27. The van der Waals surface area contributed by atoms with Gasteiger partial charge in [0.05, 0.1) is 0 Å². The number of nitrogens with zero attached hydrogens (tertiary/aromatic N) is 1. The van der Waals surface area contributed by atoms with Crippen LogP contribution in [0.15, 0.2) is 23.4 Å². The summed E-state index contributed by atoms with van der Waals surface area (Å²) < 4.78 is 0. The summed E-state index contributed by atoms with van der Waals surface area (Å²) >= 11 is 0. The third kappa shape index (κ3) is 2.81. The lowest BCUT2D eigenvalue weighted by Crippen LogP contribution is -2.19. The van der Waals surface area contributed by atoms with Crippen LogP contribution in [0.3, 0.4) is 0 Å². The summed E-state index contributed by atoms with van der Waals surface area (Å²) in [6.07, 6.45) is 0.981. The van der Waals surface area contributed by atoms with Crippen LogP contribution in [0.5, 0.6) is 5.75 Å². The third-order valence-electron chi connectivity index (χ3n) is 2.73. The Kier molecular flexibility index (Phi) is 3.68. The molecular formula is C13H19NO2. The van der Waals surface area contributed by atoms with Crippen LogP contribution >= 0.6 is 0 Å². The molecule has 0 fully saturated rings. The van der Waals surface area contributed by atoms with Gasteiger partial charge in [-0.1, -0.05) is 33.8 Å². The Labute approximate surface area is 96.5 Å². The molecule has 0 atom stereocenters. The van der Waals surface area contributed by atoms with Crippen molar-refractivity contribution in [1.82, 2.24) is 0 Å². The Bertz CT molecular complexity index is 384. The molecule has 1 N–H and O–H groups in total. The van der Waals surface area contributed by atoms with Crippen LogP contribution in [0.4, 0.5) is 5.69 Å². The van der Waals surface area contributed by atoms with E-state index in [9.17, 15) is 10.0 Å². The largest absolute Gasteiger partial charge is 0.508 e. The number of phenols is 1. The predicted molar refractivity (Wildman–Crippen MR) is 66.0 cm³/mol. The zero-order valence-corrected chi connectivity index (χ0v) is 10.3. The molecule has 3 heteroatoms. The highest BCUT2D eigenvalue weighted by molar-refractivity contribution is 5.49. The molecule has 0 radical (unpaired) electrons. The molecule has 0 aliphatic carbocycles. The van der Waals surface area contributed by atoms with E-state index in [2.05, 4.69) is 32.9 Å². The smallest absolute Gasteiger partial charge is 0.121 e. The van der Waals surface area contributed by atoms with Gasteiger partial charge in [0.1, 0.15) is 11.4 Å². The van der Waals surface area contributed by atoms with Crippen molar-refractivity contribution in [3.05, 3.63) is 28.7 Å². The van der Waals surface area contributed by atoms with Gasteiger partial charge in [-0.05, 0) is 34.6 Å². The first kappa shape index (κ1) is 12.7. The van der Waals surface area contributed by atoms with Gasteiger partial charge in [-0.3, -0.25) is 0 Å². The van der Waals surface area contributed by atoms with E-state index in [0.29, 0.717) is 5.92 Å². The van der Waals surface area contributed by atoms with Crippen molar-refractivity contribution in [1.29, 1.82) is 0 Å². The molecule has 0 bridgehead atoms. The highest BCUT2D eigenvalue weighted by Crippen LogP contribution is 2.37. The Morgan fingerprint density at radius 2 is 2.00 bits per heavy atom. The van der Waals surface area contributed by atoms with Crippen LogP contribution in [-0.2, 0) is 5.41 Å². The zero-order valence-electron chi connectivity index (χ0n) is 10.3. The summed E-state index contributed by atoms with van der Waals surface area (Å²) in [5.41, 5.74) is 1.04. The molecule has 0 unspecified atom stereocenters. The second-order valence-corrected chi connectivity index (χ2v) is 5.27. The maximum absolute atomic E-state index is 10.3. The van der Waals surface area contributed by atoms with Crippen molar-refractivity contribution in [3.63, 3.8) is 0 Å². The average molecular weight is 221 g/mol. The van der Waals surface area contributed by atoms with Crippen molar-refractivity contribution in [2.24, 2.45) is 11.1 Å². The quantitative estimate of drug-likeness (QED) is 0.778. The van der Waals surface area contributed by atoms with E-state index < -0.39 is 0 Å². The van der Waals surface area contributed by atoms with E-state index in [-0.39, 0.29) is 16.9 Å². The summed E-state index contributed by atoms with van der Waals surface area (Å²) in [6.45, 7) is 8.49. The molecule has 0 heterocycles. The Morgan fingerprint density at radius 1 is 1.38 bits per heavy atom. The molecule has 0 aliphatic heterocycles. The van der Waals surface area contributed by atoms with Crippen molar-refractivity contribution in [3.8, 4) is 5.75 Å². The van der Waals surface area contributed by atoms with Crippen LogP contribution in [0.2, 0.25) is 0 Å². The highest BCUT2D eigenvalue weighted by atomic mass is 16.3. The van der Waals surface area contributed by atoms with E-state index in [0.717, 1.165) is 12.0 Å². The van der Waals surface area contributed by atoms with E-state index in [1.54, 1.807) is 12.1 Å². The minimum atomic E-state index is -0.0976. The minimum absolute atomic E-state index is 0.0976. The molecule has 0 spiro atoms. The fourth-order valence-electron chi connectivity index (χ4n) is 2.28. The topological polar surface area (TPSA) is 49.7 Å². The van der Waals surface area contributed by atoms with Gasteiger partial charge in [-0.2, -0.15) is 0 Å². The fraction of sp³-hybridized carbons (Fsp3) is 0.538. The lowest BCUT2D eigenvalue weighted by molar-refractivity contribution is 0.377. The van der Waals surface area contributed by atoms with Gasteiger partial charge in [0.2, 0.25) is 0 Å². The number of aromatic hydroxyl groups is 1. The SMILES string of the molecule is CC(C)CC(C)(C)c1ccc(N=O)cc1O. The van der Waals surface area contributed by atoms with Gasteiger partial charge in [-0.25, -0.2) is 0 Å². The van der Waals surface area contributed by atoms with Gasteiger partial charge < -0.3 is 5.11 Å². The Balaban J connectivity index is 3.08. The number of benzene rings is 1. The summed E-state index contributed by atoms with van der Waals surface area (Å²) in [6, 6.07) is 4.85. The molecule has 16 heavy (non-hydrogen) atoms. The molecule has 0 saturated carbocycles. The number of nitroso groups, excluding NO2 is 1. The van der Waals surface area contributed by atoms with Gasteiger partial charge in [-0.15, -0.1) is 4.91 Å². The van der Waals surface area contributed by atoms with Gasteiger partial charge in [0.25, 0.3) is 0 Å². The first-order chi connectivity index (χ1) is 7.36. The average Bonchev–Trinajstić information content (AvgIpc) is 2.14. The van der Waals surface area contributed by atoms with Crippen molar-refractivity contribution >= 4 is 5.69 Å². The lowest BCUT2D eigenvalue weighted by atomic mass is 9.77. The predicted octanol–water partition coefficient (Wildman–Crippen LogP) is 4.11. The van der Waals surface area contributed by atoms with E-state index in [1.165, 1.54) is 6.07 Å². The lowest BCUT2D eigenvalue weighted by Gasteiger charge is -2.28. The van der Waals surface area contributed by atoms with Gasteiger partial charge in [0.15, 0.2) is 0 Å². The van der Waals surface area contributed by atoms with Gasteiger partial charge in [0, 0.05) is 6.07 Å². The zero-order chi connectivity index (χ0) is 12.3. The van der Waals surface area contributed by atoms with E-state index in [1.807, 2.05) is 0 Å². The summed E-state index contributed by atoms with van der Waals surface area (Å²) in [7, 11) is 0. The standard InChI is InChI=1S/C13H19NO2/c1-9(2)8-13(3,4)11-6-5-10(14-16)7-12(11)15/h5-7,9,15H,8H2,1-4H3. The maximum Gasteiger partial charge on any atom is 0.121 e. The van der Waals surface area contributed by atoms with Crippen molar-refractivity contribution in [2.75, 3.05) is 0 Å². The number of rotatable bonds is 4. The fourth-order valence-corrected chi connectivity index (χ4v) is 2.28. The maximum atomic E-state index is 10.3.